The van der Waals surface area contributed by atoms with Crippen LogP contribution in [0.5, 0.6) is 0 Å². The minimum Gasteiger partial charge on any atom is -0.147 e. The number of unbranched alkanes of at least 4 members (excludes halogenated alkanes) is 2. The molecule has 0 fully saturated rings. The maximum Gasteiger partial charge on any atom is -0.147 e. The van der Waals surface area contributed by atoms with E-state index in [1.165, 1.54) is 38.5 Å². The van der Waals surface area contributed by atoms with Crippen molar-refractivity contribution in [3.05, 3.63) is 47.6 Å². The summed E-state index contributed by atoms with van der Waals surface area (Å²) in [5, 5.41) is 0. The number of hydrogen-bond donors (Lipinski definition) is 0. The largest absolute Gasteiger partial charge is 0.147 e. The average molecular weight is 527 g/mol. The van der Waals surface area contributed by atoms with Gasteiger partial charge in [0.2, 0.25) is 0 Å². The van der Waals surface area contributed by atoms with E-state index < -0.39 is 11.6 Å². The Morgan fingerprint density at radius 2 is 1.07 bits per heavy atom. The molecule has 27 heavy (non-hydrogen) atoms. The summed E-state index contributed by atoms with van der Waals surface area (Å²) in [5.74, 6) is 0. The molecule has 0 saturated heterocycles. The summed E-state index contributed by atoms with van der Waals surface area (Å²) in [7, 11) is 0. The predicted octanol–water partition coefficient (Wildman–Crippen LogP) is 7.37. The van der Waals surface area contributed by atoms with Crippen LogP contribution in [0.2, 0.25) is 25.8 Å². The molecular weight excluding hydrogens is 483 g/mol. The van der Waals surface area contributed by atoms with Crippen molar-refractivity contribution < 1.29 is 11.6 Å². The maximum atomic E-state index is 2.71. The van der Waals surface area contributed by atoms with Gasteiger partial charge in [0.25, 0.3) is 0 Å². The van der Waals surface area contributed by atoms with Gasteiger partial charge in [-0.25, -0.2) is 0 Å². The quantitative estimate of drug-likeness (QED) is 0.290. The molecular formula is C22H44Cl2Si2Zr. The van der Waals surface area contributed by atoms with Gasteiger partial charge in [-0.05, 0) is 0 Å². The normalized spacial score (nSPS) is 27.2. The van der Waals surface area contributed by atoms with Gasteiger partial charge in [-0.15, -0.1) is 24.8 Å². The fraction of sp³-hybridized carbons (Fsp3) is 0.636. The Balaban J connectivity index is 0.00000338. The van der Waals surface area contributed by atoms with Gasteiger partial charge in [0.1, 0.15) is 0 Å². The fourth-order valence-electron chi connectivity index (χ4n) is 4.61. The number of hydrogen-bond acceptors (Lipinski definition) is 0. The third-order valence-corrected chi connectivity index (χ3v) is 40.0. The average Bonchev–Trinajstić information content (AvgIpc) is 3.11. The molecule has 5 heteroatoms. The van der Waals surface area contributed by atoms with E-state index >= 15 is 0 Å². The Morgan fingerprint density at radius 3 is 1.37 bits per heavy atom. The van der Waals surface area contributed by atoms with E-state index in [2.05, 4.69) is 82.6 Å². The standard InChI is InChI=1S/2C9H13.4CH3.2ClH.2H2Si.Zr/c2*1-2-3-6-9-7-4-5-8-9;;;;;;;;;/h2*4-5,7-8H,2-3,6H2,1H3;4*1H3;2*1H;2*1H2;. The van der Waals surface area contributed by atoms with Gasteiger partial charge in [-0.2, -0.15) is 0 Å². The molecule has 0 radical (unpaired) electrons. The number of allylic oxidation sites excluding steroid dienone is 8. The predicted molar refractivity (Wildman–Crippen MR) is 136 cm³/mol. The first-order valence-electron chi connectivity index (χ1n) is 10.6. The summed E-state index contributed by atoms with van der Waals surface area (Å²) in [6.45, 7) is 9.40. The Labute approximate surface area is 174 Å². The van der Waals surface area contributed by atoms with Gasteiger partial charge in [-0.3, -0.25) is 0 Å². The first kappa shape index (κ1) is 27.9. The second-order valence-corrected chi connectivity index (χ2v) is 119. The molecule has 0 N–H and O–H groups in total. The zero-order valence-electron chi connectivity index (χ0n) is 18.6. The van der Waals surface area contributed by atoms with Crippen LogP contribution in [-0.4, -0.2) is 13.8 Å². The molecule has 0 aromatic rings. The summed E-state index contributed by atoms with van der Waals surface area (Å²) >= 11 is -4.49. The van der Waals surface area contributed by atoms with E-state index in [0.717, 1.165) is 0 Å². The van der Waals surface area contributed by atoms with E-state index in [0.29, 0.717) is 7.25 Å². The van der Waals surface area contributed by atoms with Crippen molar-refractivity contribution in [3.8, 4) is 0 Å². The first-order chi connectivity index (χ1) is 11.0. The number of halogens is 2. The van der Waals surface area contributed by atoms with Crippen LogP contribution in [0.1, 0.15) is 52.4 Å². The molecule has 0 aliphatic heterocycles. The topological polar surface area (TPSA) is 0 Å². The van der Waals surface area contributed by atoms with E-state index in [-0.39, 0.29) is 24.8 Å². The molecule has 0 heterocycles. The molecule has 2 unspecified atom stereocenters. The zero-order valence-corrected chi connectivity index (χ0v) is 25.5. The van der Waals surface area contributed by atoms with Crippen molar-refractivity contribution in [2.75, 3.05) is 0 Å². The maximum absolute atomic E-state index is 4.49. The third-order valence-electron chi connectivity index (χ3n) is 7.45. The van der Waals surface area contributed by atoms with Gasteiger partial charge in [0, 0.05) is 0 Å². The van der Waals surface area contributed by atoms with Crippen LogP contribution in [0.15, 0.2) is 47.6 Å². The molecule has 0 nitrogen and oxygen atoms in total. The summed E-state index contributed by atoms with van der Waals surface area (Å²) in [6.07, 6.45) is 22.9. The van der Waals surface area contributed by atoms with Crippen LogP contribution >= 0.6 is 24.8 Å². The van der Waals surface area contributed by atoms with Gasteiger partial charge in [-0.1, -0.05) is 0 Å². The van der Waals surface area contributed by atoms with E-state index in [1.807, 2.05) is 0 Å². The van der Waals surface area contributed by atoms with Crippen molar-refractivity contribution in [2.24, 2.45) is 0 Å². The monoisotopic (exact) mass is 524 g/mol. The molecule has 2 atom stereocenters. The van der Waals surface area contributed by atoms with Crippen LogP contribution in [0.3, 0.4) is 0 Å². The Kier molecular flexibility index (Phi) is 6.63. The molecule has 158 valence electrons. The summed E-state index contributed by atoms with van der Waals surface area (Å²) in [6, 6.07) is 0. The minimum absolute atomic E-state index is 0. The molecule has 0 saturated carbocycles. The SMILES string of the molecule is CCCCC1=C[CH]([Zr]([CH3])([CH3])([CH3])([CH3])(=[SiH2])(=[SiH2])[CH]2C=CC(CCCC)=C2)C=C1.Cl.Cl. The molecule has 0 aromatic carbocycles. The van der Waals surface area contributed by atoms with E-state index in [1.54, 1.807) is 11.1 Å². The number of rotatable bonds is 8. The van der Waals surface area contributed by atoms with E-state index in [9.17, 15) is 0 Å². The molecule has 0 amide bonds. The van der Waals surface area contributed by atoms with Crippen molar-refractivity contribution in [1.82, 2.24) is 0 Å². The van der Waals surface area contributed by atoms with Crippen LogP contribution in [-0.2, 0) is 11.6 Å². The van der Waals surface area contributed by atoms with Crippen molar-refractivity contribution in [1.29, 1.82) is 0 Å². The van der Waals surface area contributed by atoms with Crippen molar-refractivity contribution >= 4 is 38.6 Å². The van der Waals surface area contributed by atoms with E-state index in [4.69, 9.17) is 0 Å². The molecule has 0 aromatic heterocycles. The first-order valence-corrected chi connectivity index (χ1v) is 35.1. The smallest absolute Gasteiger partial charge is 0.147 e. The Bertz CT molecular complexity index is 889. The summed E-state index contributed by atoms with van der Waals surface area (Å²) in [4.78, 5) is 0. The second kappa shape index (κ2) is 6.43. The summed E-state index contributed by atoms with van der Waals surface area (Å²) in [5.41, 5.74) is 3.14. The van der Waals surface area contributed by atoms with Gasteiger partial charge in [0.05, 0.1) is 0 Å². The van der Waals surface area contributed by atoms with Gasteiger partial charge in [0.15, 0.2) is 0 Å². The minimum atomic E-state index is -4.49. The third kappa shape index (κ3) is 5.51. The van der Waals surface area contributed by atoms with Crippen LogP contribution in [0, 0.1) is 0 Å². The van der Waals surface area contributed by atoms with Crippen molar-refractivity contribution in [2.45, 2.75) is 78.2 Å². The molecule has 0 spiro atoms. The van der Waals surface area contributed by atoms with Crippen LogP contribution in [0.4, 0.5) is 0 Å². The second-order valence-electron chi connectivity index (χ2n) is 14.8. The molecule has 2 rings (SSSR count). The van der Waals surface area contributed by atoms with Crippen LogP contribution in [0.25, 0.3) is 0 Å². The van der Waals surface area contributed by atoms with Crippen LogP contribution < -0.4 is 0 Å². The summed E-state index contributed by atoms with van der Waals surface area (Å²) < 4.78 is 12.0. The Hall–Kier alpha value is 0.857. The van der Waals surface area contributed by atoms with Gasteiger partial charge >= 0.3 is 151 Å². The molecule has 0 bridgehead atoms. The zero-order chi connectivity index (χ0) is 19.1. The van der Waals surface area contributed by atoms with Gasteiger partial charge < -0.3 is 0 Å². The van der Waals surface area contributed by atoms with Crippen molar-refractivity contribution in [3.63, 3.8) is 0 Å². The molecule has 2 aliphatic carbocycles. The fourth-order valence-corrected chi connectivity index (χ4v) is 23.8. The Morgan fingerprint density at radius 1 is 0.741 bits per heavy atom. The molecule has 2 aliphatic rings.